The van der Waals surface area contributed by atoms with Crippen molar-refractivity contribution in [1.29, 1.82) is 0 Å². The van der Waals surface area contributed by atoms with Crippen LogP contribution in [-0.2, 0) is 6.42 Å². The Morgan fingerprint density at radius 3 is 2.17 bits per heavy atom. The minimum absolute atomic E-state index is 0.876. The molecule has 0 bridgehead atoms. The second kappa shape index (κ2) is 6.97. The lowest BCUT2D eigenvalue weighted by Gasteiger charge is -1.90. The fourth-order valence-electron chi connectivity index (χ4n) is 1.54. The quantitative estimate of drug-likeness (QED) is 0.685. The predicted octanol–water partition coefficient (Wildman–Crippen LogP) is 4.41. The van der Waals surface area contributed by atoms with Crippen molar-refractivity contribution in [1.82, 2.24) is 0 Å². The van der Waals surface area contributed by atoms with Gasteiger partial charge in [-0.3, -0.25) is 0 Å². The lowest BCUT2D eigenvalue weighted by Crippen LogP contribution is -1.76. The fourth-order valence-corrected chi connectivity index (χ4v) is 1.54. The van der Waals surface area contributed by atoms with Crippen molar-refractivity contribution in [2.24, 2.45) is 0 Å². The van der Waals surface area contributed by atoms with Crippen LogP contribution in [-0.4, -0.2) is 0 Å². The summed E-state index contributed by atoms with van der Waals surface area (Å²) in [6, 6.07) is 20.4. The van der Waals surface area contributed by atoms with E-state index in [2.05, 4.69) is 29.3 Å². The van der Waals surface area contributed by atoms with E-state index < -0.39 is 0 Å². The molecule has 0 spiro atoms. The second-order valence-electron chi connectivity index (χ2n) is 3.86. The maximum absolute atomic E-state index is 2.99. The molecule has 0 N–H and O–H groups in total. The topological polar surface area (TPSA) is 0 Å². The molecule has 0 heteroatoms. The van der Waals surface area contributed by atoms with Crippen LogP contribution in [0.1, 0.15) is 11.1 Å². The number of allylic oxidation sites excluding steroid dienone is 1. The highest BCUT2D eigenvalue weighted by Crippen LogP contribution is 2.00. The standard InChI is InChI=1S/C18H14/c1(5-11-17-13-7-3-8-14-17)2-6-12-18-15-9-4-10-16-18/h3-5,7-10,12-16H,11H2. The van der Waals surface area contributed by atoms with Gasteiger partial charge in [-0.05, 0) is 35.4 Å². The zero-order chi connectivity index (χ0) is 12.5. The summed E-state index contributed by atoms with van der Waals surface area (Å²) < 4.78 is 0. The van der Waals surface area contributed by atoms with Gasteiger partial charge in [0.1, 0.15) is 0 Å². The molecular formula is C18H14. The first-order valence-corrected chi connectivity index (χ1v) is 5.95. The Hall–Kier alpha value is -2.48. The minimum atomic E-state index is 0.876. The molecule has 2 aromatic carbocycles. The van der Waals surface area contributed by atoms with Crippen molar-refractivity contribution in [3.05, 3.63) is 95.1 Å². The van der Waals surface area contributed by atoms with Crippen molar-refractivity contribution in [3.63, 3.8) is 0 Å². The number of hydrogen-bond donors (Lipinski definition) is 0. The van der Waals surface area contributed by atoms with Crippen LogP contribution in [0.3, 0.4) is 0 Å². The summed E-state index contributed by atoms with van der Waals surface area (Å²) in [7, 11) is 0. The average molecular weight is 230 g/mol. The smallest absolute Gasteiger partial charge is 0.00146 e. The fraction of sp³-hybridized carbons (Fsp3) is 0.0556. The molecule has 86 valence electrons. The molecule has 0 atom stereocenters. The molecule has 0 aliphatic carbocycles. The molecule has 0 radical (unpaired) electrons. The first-order valence-electron chi connectivity index (χ1n) is 5.95. The first-order chi connectivity index (χ1) is 8.95. The lowest BCUT2D eigenvalue weighted by atomic mass is 10.1. The monoisotopic (exact) mass is 230 g/mol. The molecule has 0 saturated carbocycles. The Morgan fingerprint density at radius 2 is 1.44 bits per heavy atom. The Balaban J connectivity index is 2.01. The molecule has 2 aromatic rings. The molecule has 2 rings (SSSR count). The van der Waals surface area contributed by atoms with Crippen LogP contribution in [0.4, 0.5) is 0 Å². The Morgan fingerprint density at radius 1 is 0.778 bits per heavy atom. The highest BCUT2D eigenvalue weighted by Gasteiger charge is 1.83. The third-order valence-electron chi connectivity index (χ3n) is 2.47. The normalized spacial score (nSPS) is 8.67. The van der Waals surface area contributed by atoms with Gasteiger partial charge in [-0.25, -0.2) is 0 Å². The number of benzene rings is 2. The summed E-state index contributed by atoms with van der Waals surface area (Å²) in [6.07, 6.45) is 4.73. The highest BCUT2D eigenvalue weighted by molar-refractivity contribution is 5.47. The summed E-state index contributed by atoms with van der Waals surface area (Å²) >= 11 is 0. The van der Waals surface area contributed by atoms with Gasteiger partial charge < -0.3 is 0 Å². The van der Waals surface area contributed by atoms with Crippen molar-refractivity contribution < 1.29 is 0 Å². The molecular weight excluding hydrogens is 216 g/mol. The summed E-state index contributed by atoms with van der Waals surface area (Å²) in [5.74, 6) is 0. The van der Waals surface area contributed by atoms with E-state index in [1.807, 2.05) is 60.7 Å². The molecule has 18 heavy (non-hydrogen) atoms. The van der Waals surface area contributed by atoms with Gasteiger partial charge in [0.2, 0.25) is 0 Å². The van der Waals surface area contributed by atoms with Crippen molar-refractivity contribution in [2.75, 3.05) is 0 Å². The van der Waals surface area contributed by atoms with Gasteiger partial charge in [-0.2, -0.15) is 0 Å². The summed E-state index contributed by atoms with van der Waals surface area (Å²) in [6.45, 7) is 0. The van der Waals surface area contributed by atoms with Gasteiger partial charge in [0.25, 0.3) is 0 Å². The van der Waals surface area contributed by atoms with Crippen LogP contribution in [0.5, 0.6) is 0 Å². The maximum Gasteiger partial charge on any atom is -0.00146 e. The SMILES string of the molecule is C(=C=CCc1ccccc1)=C=Cc1ccccc1. The Bertz CT molecular complexity index is 602. The Kier molecular flexibility index (Phi) is 4.64. The highest BCUT2D eigenvalue weighted by atomic mass is 13.9. The summed E-state index contributed by atoms with van der Waals surface area (Å²) in [4.78, 5) is 0. The molecule has 0 amide bonds. The van der Waals surface area contributed by atoms with E-state index in [0.29, 0.717) is 0 Å². The molecule has 0 saturated heterocycles. The van der Waals surface area contributed by atoms with Gasteiger partial charge in [0.05, 0.1) is 0 Å². The van der Waals surface area contributed by atoms with Gasteiger partial charge in [-0.1, -0.05) is 72.1 Å². The van der Waals surface area contributed by atoms with Crippen LogP contribution in [0.15, 0.2) is 83.9 Å². The third-order valence-corrected chi connectivity index (χ3v) is 2.47. The number of rotatable bonds is 3. The first kappa shape index (κ1) is 12.0. The van der Waals surface area contributed by atoms with Crippen LogP contribution in [0, 0.1) is 0 Å². The molecule has 0 heterocycles. The molecule has 0 aliphatic rings. The van der Waals surface area contributed by atoms with E-state index in [0.717, 1.165) is 12.0 Å². The van der Waals surface area contributed by atoms with Gasteiger partial charge in [-0.15, -0.1) is 0 Å². The van der Waals surface area contributed by atoms with Gasteiger partial charge >= 0.3 is 0 Å². The predicted molar refractivity (Wildman–Crippen MR) is 76.2 cm³/mol. The Labute approximate surface area is 108 Å². The maximum atomic E-state index is 2.99. The van der Waals surface area contributed by atoms with Crippen molar-refractivity contribution in [3.8, 4) is 0 Å². The molecule has 0 aliphatic heterocycles. The molecule has 0 fully saturated rings. The van der Waals surface area contributed by atoms with Crippen molar-refractivity contribution >= 4 is 6.08 Å². The van der Waals surface area contributed by atoms with Crippen molar-refractivity contribution in [2.45, 2.75) is 6.42 Å². The van der Waals surface area contributed by atoms with E-state index in [4.69, 9.17) is 0 Å². The zero-order valence-corrected chi connectivity index (χ0v) is 10.1. The third kappa shape index (κ3) is 4.18. The van der Waals surface area contributed by atoms with Gasteiger partial charge in [0, 0.05) is 0 Å². The van der Waals surface area contributed by atoms with Crippen LogP contribution >= 0.6 is 0 Å². The van der Waals surface area contributed by atoms with Crippen LogP contribution < -0.4 is 0 Å². The van der Waals surface area contributed by atoms with E-state index in [9.17, 15) is 0 Å². The van der Waals surface area contributed by atoms with E-state index >= 15 is 0 Å². The summed E-state index contributed by atoms with van der Waals surface area (Å²) in [5, 5.41) is 0. The second-order valence-corrected chi connectivity index (χ2v) is 3.86. The zero-order valence-electron chi connectivity index (χ0n) is 10.1. The van der Waals surface area contributed by atoms with E-state index in [-0.39, 0.29) is 0 Å². The lowest BCUT2D eigenvalue weighted by molar-refractivity contribution is 1.28. The minimum Gasteiger partial charge on any atom is -0.0655 e. The molecule has 0 unspecified atom stereocenters. The number of hydrogen-bond acceptors (Lipinski definition) is 0. The van der Waals surface area contributed by atoms with Crippen LogP contribution in [0.25, 0.3) is 6.08 Å². The molecule has 0 aromatic heterocycles. The largest absolute Gasteiger partial charge is 0.0655 e. The van der Waals surface area contributed by atoms with Crippen LogP contribution in [0.2, 0.25) is 0 Å². The molecule has 0 nitrogen and oxygen atoms in total. The van der Waals surface area contributed by atoms with E-state index in [1.54, 1.807) is 0 Å². The van der Waals surface area contributed by atoms with E-state index in [1.165, 1.54) is 5.56 Å². The average Bonchev–Trinajstić information content (AvgIpc) is 2.45. The summed E-state index contributed by atoms with van der Waals surface area (Å²) in [5.41, 5.74) is 11.2. The van der Waals surface area contributed by atoms with Gasteiger partial charge in [0.15, 0.2) is 0 Å².